The minimum atomic E-state index is 0.136. The molecule has 0 aromatic carbocycles. The first-order chi connectivity index (χ1) is 14.0. The highest BCUT2D eigenvalue weighted by atomic mass is 16.2. The normalized spacial score (nSPS) is 19.0. The Hall–Kier alpha value is -2.63. The Kier molecular flexibility index (Phi) is 5.43. The number of likely N-dealkylation sites (tertiary alicyclic amines) is 2. The van der Waals surface area contributed by atoms with Gasteiger partial charge in [-0.15, -0.1) is 0 Å². The molecule has 4 rings (SSSR count). The third-order valence-electron chi connectivity index (χ3n) is 6.84. The fraction of sp³-hybridized carbons (Fsp3) is 0.522. The van der Waals surface area contributed by atoms with E-state index >= 15 is 0 Å². The quantitative estimate of drug-likeness (QED) is 0.801. The summed E-state index contributed by atoms with van der Waals surface area (Å²) in [7, 11) is 1.97. The second-order valence-electron chi connectivity index (χ2n) is 8.60. The number of nitrogens with zero attached hydrogens (tertiary/aromatic N) is 4. The monoisotopic (exact) mass is 394 g/mol. The molecule has 2 aromatic rings. The first-order valence-corrected chi connectivity index (χ1v) is 10.6. The van der Waals surface area contributed by atoms with Crippen LogP contribution < -0.4 is 0 Å². The molecule has 0 radical (unpaired) electrons. The summed E-state index contributed by atoms with van der Waals surface area (Å²) in [6.45, 7) is 5.07. The summed E-state index contributed by atoms with van der Waals surface area (Å²) in [6.07, 6.45) is 8.04. The van der Waals surface area contributed by atoms with Crippen LogP contribution in [0.5, 0.6) is 0 Å². The van der Waals surface area contributed by atoms with Crippen LogP contribution in [0.3, 0.4) is 0 Å². The summed E-state index contributed by atoms with van der Waals surface area (Å²) in [4.78, 5) is 33.8. The molecule has 0 atom stereocenters. The van der Waals surface area contributed by atoms with Crippen LogP contribution in [0.4, 0.5) is 0 Å². The minimum absolute atomic E-state index is 0.136. The Bertz CT molecular complexity index is 882. The van der Waals surface area contributed by atoms with Crippen LogP contribution in [0, 0.1) is 12.3 Å². The Balaban J connectivity index is 1.36. The molecule has 154 valence electrons. The van der Waals surface area contributed by atoms with Gasteiger partial charge in [0.05, 0.1) is 5.56 Å². The first-order valence-electron chi connectivity index (χ1n) is 10.6. The van der Waals surface area contributed by atoms with Crippen molar-refractivity contribution >= 4 is 11.8 Å². The smallest absolute Gasteiger partial charge is 0.255 e. The summed E-state index contributed by atoms with van der Waals surface area (Å²) < 4.78 is 1.99. The van der Waals surface area contributed by atoms with Gasteiger partial charge in [0.1, 0.15) is 0 Å². The van der Waals surface area contributed by atoms with Crippen molar-refractivity contribution in [2.75, 3.05) is 26.2 Å². The lowest BCUT2D eigenvalue weighted by molar-refractivity contribution is -0.138. The molecule has 0 bridgehead atoms. The van der Waals surface area contributed by atoms with Crippen molar-refractivity contribution in [2.45, 2.75) is 39.0 Å². The average molecular weight is 395 g/mol. The number of piperidine rings is 2. The van der Waals surface area contributed by atoms with E-state index in [0.717, 1.165) is 68.8 Å². The largest absolute Gasteiger partial charge is 0.354 e. The molecule has 0 saturated carbocycles. The van der Waals surface area contributed by atoms with Gasteiger partial charge in [-0.3, -0.25) is 14.6 Å². The van der Waals surface area contributed by atoms with Crippen LogP contribution >= 0.6 is 0 Å². The van der Waals surface area contributed by atoms with Crippen LogP contribution in [0.2, 0.25) is 0 Å². The van der Waals surface area contributed by atoms with E-state index in [0.29, 0.717) is 6.42 Å². The molecule has 6 nitrogen and oxygen atoms in total. The molecule has 0 unspecified atom stereocenters. The maximum atomic E-state index is 12.9. The standard InChI is InChI=1S/C23H30N4O2/c1-18-20(8-13-25(18)2)22(29)26-15-10-23(11-16-26)9-6-21(28)27(17-23)14-7-19-5-3-4-12-24-19/h3-5,8,12-13H,6-7,9-11,14-17H2,1-2H3. The Morgan fingerprint density at radius 2 is 1.97 bits per heavy atom. The van der Waals surface area contributed by atoms with Gasteiger partial charge >= 0.3 is 0 Å². The predicted octanol–water partition coefficient (Wildman–Crippen LogP) is 2.82. The van der Waals surface area contributed by atoms with Crippen LogP contribution in [-0.2, 0) is 18.3 Å². The number of carbonyl (C=O) groups excluding carboxylic acids is 2. The fourth-order valence-corrected chi connectivity index (χ4v) is 4.70. The topological polar surface area (TPSA) is 58.4 Å². The zero-order valence-corrected chi connectivity index (χ0v) is 17.4. The summed E-state index contributed by atoms with van der Waals surface area (Å²) in [6, 6.07) is 7.83. The van der Waals surface area contributed by atoms with E-state index in [9.17, 15) is 9.59 Å². The molecule has 2 saturated heterocycles. The lowest BCUT2D eigenvalue weighted by Gasteiger charge is -2.47. The lowest BCUT2D eigenvalue weighted by atomic mass is 9.72. The van der Waals surface area contributed by atoms with Gasteiger partial charge in [0.25, 0.3) is 5.91 Å². The van der Waals surface area contributed by atoms with Gasteiger partial charge in [-0.1, -0.05) is 6.07 Å². The molecule has 1 spiro atoms. The second-order valence-corrected chi connectivity index (χ2v) is 8.60. The van der Waals surface area contributed by atoms with E-state index in [-0.39, 0.29) is 17.2 Å². The zero-order chi connectivity index (χ0) is 20.4. The van der Waals surface area contributed by atoms with Crippen LogP contribution in [0.15, 0.2) is 36.7 Å². The lowest BCUT2D eigenvalue weighted by Crippen LogP contribution is -2.52. The number of hydrogen-bond donors (Lipinski definition) is 0. The molecular weight excluding hydrogens is 364 g/mol. The fourth-order valence-electron chi connectivity index (χ4n) is 4.70. The van der Waals surface area contributed by atoms with E-state index in [2.05, 4.69) is 4.98 Å². The molecule has 2 aliphatic heterocycles. The highest BCUT2D eigenvalue weighted by molar-refractivity contribution is 5.95. The number of carbonyl (C=O) groups is 2. The van der Waals surface area contributed by atoms with Gasteiger partial charge in [0.2, 0.25) is 5.91 Å². The van der Waals surface area contributed by atoms with E-state index in [1.54, 1.807) is 6.20 Å². The molecule has 2 amide bonds. The Morgan fingerprint density at radius 3 is 2.62 bits per heavy atom. The maximum absolute atomic E-state index is 12.9. The summed E-state index contributed by atoms with van der Waals surface area (Å²) in [5, 5.41) is 0. The first kappa shape index (κ1) is 19.7. The number of amides is 2. The molecule has 2 aromatic heterocycles. The third-order valence-corrected chi connectivity index (χ3v) is 6.84. The van der Waals surface area contributed by atoms with Gasteiger partial charge in [-0.25, -0.2) is 0 Å². The zero-order valence-electron chi connectivity index (χ0n) is 17.4. The second kappa shape index (κ2) is 8.01. The van der Waals surface area contributed by atoms with Crippen molar-refractivity contribution in [3.05, 3.63) is 53.6 Å². The maximum Gasteiger partial charge on any atom is 0.255 e. The summed E-state index contributed by atoms with van der Waals surface area (Å²) in [5.74, 6) is 0.391. The molecule has 0 aliphatic carbocycles. The molecule has 29 heavy (non-hydrogen) atoms. The molecule has 0 N–H and O–H groups in total. The summed E-state index contributed by atoms with van der Waals surface area (Å²) >= 11 is 0. The predicted molar refractivity (Wildman–Crippen MR) is 111 cm³/mol. The van der Waals surface area contributed by atoms with Gasteiger partial charge in [0, 0.05) is 69.8 Å². The Morgan fingerprint density at radius 1 is 1.17 bits per heavy atom. The van der Waals surface area contributed by atoms with Crippen molar-refractivity contribution < 1.29 is 9.59 Å². The van der Waals surface area contributed by atoms with Crippen molar-refractivity contribution in [2.24, 2.45) is 12.5 Å². The van der Waals surface area contributed by atoms with E-state index in [1.165, 1.54) is 0 Å². The van der Waals surface area contributed by atoms with E-state index in [4.69, 9.17) is 0 Å². The average Bonchev–Trinajstić information content (AvgIpc) is 3.08. The number of aromatic nitrogens is 2. The van der Waals surface area contributed by atoms with Gasteiger partial charge < -0.3 is 14.4 Å². The van der Waals surface area contributed by atoms with E-state index < -0.39 is 0 Å². The molecule has 4 heterocycles. The van der Waals surface area contributed by atoms with Gasteiger partial charge in [-0.2, -0.15) is 0 Å². The SMILES string of the molecule is Cc1c(C(=O)N2CCC3(CCC(=O)N(CCc4ccccn4)C3)CC2)ccn1C. The van der Waals surface area contributed by atoms with E-state index in [1.807, 2.05) is 58.8 Å². The third kappa shape index (κ3) is 4.07. The minimum Gasteiger partial charge on any atom is -0.354 e. The Labute approximate surface area is 172 Å². The number of hydrogen-bond acceptors (Lipinski definition) is 3. The number of aryl methyl sites for hydroxylation is 1. The van der Waals surface area contributed by atoms with Gasteiger partial charge in [0.15, 0.2) is 0 Å². The van der Waals surface area contributed by atoms with Crippen molar-refractivity contribution in [1.29, 1.82) is 0 Å². The van der Waals surface area contributed by atoms with Crippen LogP contribution in [0.1, 0.15) is 47.4 Å². The molecule has 2 fully saturated rings. The highest BCUT2D eigenvalue weighted by Crippen LogP contribution is 2.40. The number of rotatable bonds is 4. The van der Waals surface area contributed by atoms with Crippen LogP contribution in [-0.4, -0.2) is 57.3 Å². The summed E-state index contributed by atoms with van der Waals surface area (Å²) in [5.41, 5.74) is 3.00. The highest BCUT2D eigenvalue weighted by Gasteiger charge is 2.41. The van der Waals surface area contributed by atoms with Crippen molar-refractivity contribution in [1.82, 2.24) is 19.4 Å². The van der Waals surface area contributed by atoms with Gasteiger partial charge in [-0.05, 0) is 49.8 Å². The number of pyridine rings is 1. The molecule has 2 aliphatic rings. The van der Waals surface area contributed by atoms with Crippen molar-refractivity contribution in [3.63, 3.8) is 0 Å². The van der Waals surface area contributed by atoms with Crippen molar-refractivity contribution in [3.8, 4) is 0 Å². The molecular formula is C23H30N4O2. The molecule has 6 heteroatoms. The van der Waals surface area contributed by atoms with Crippen LogP contribution in [0.25, 0.3) is 0 Å².